The third kappa shape index (κ3) is 2.07. The molecule has 3 heteroatoms. The zero-order chi connectivity index (χ0) is 10.8. The summed E-state index contributed by atoms with van der Waals surface area (Å²) in [5.74, 6) is 0. The van der Waals surface area contributed by atoms with Crippen molar-refractivity contribution in [3.05, 3.63) is 23.8 Å². The van der Waals surface area contributed by atoms with Crippen molar-refractivity contribution in [2.75, 3.05) is 30.9 Å². The van der Waals surface area contributed by atoms with Gasteiger partial charge in [-0.15, -0.1) is 0 Å². The van der Waals surface area contributed by atoms with Crippen molar-refractivity contribution < 1.29 is 4.74 Å². The average molecular weight is 206 g/mol. The van der Waals surface area contributed by atoms with Gasteiger partial charge in [-0.3, -0.25) is 0 Å². The van der Waals surface area contributed by atoms with Crippen LogP contribution in [0.2, 0.25) is 0 Å². The Bertz CT molecular complexity index is 345. The average Bonchev–Trinajstić information content (AvgIpc) is 2.69. The van der Waals surface area contributed by atoms with Gasteiger partial charge in [-0.2, -0.15) is 0 Å². The molecule has 1 aliphatic heterocycles. The van der Waals surface area contributed by atoms with Gasteiger partial charge in [0.2, 0.25) is 0 Å². The van der Waals surface area contributed by atoms with Gasteiger partial charge in [-0.25, -0.2) is 0 Å². The molecule has 1 heterocycles. The molecule has 0 spiro atoms. The molecule has 3 nitrogen and oxygen atoms in total. The molecular formula is C12H18N2O. The van der Waals surface area contributed by atoms with Crippen LogP contribution in [0.1, 0.15) is 12.0 Å². The van der Waals surface area contributed by atoms with E-state index in [0.717, 1.165) is 31.0 Å². The Balaban J connectivity index is 2.20. The maximum absolute atomic E-state index is 6.01. The van der Waals surface area contributed by atoms with Gasteiger partial charge < -0.3 is 15.4 Å². The monoisotopic (exact) mass is 206 g/mol. The fraction of sp³-hybridized carbons (Fsp3) is 0.500. The van der Waals surface area contributed by atoms with Gasteiger partial charge in [0.25, 0.3) is 0 Å². The van der Waals surface area contributed by atoms with E-state index < -0.39 is 0 Å². The summed E-state index contributed by atoms with van der Waals surface area (Å²) in [6.45, 7) is 3.73. The number of likely N-dealkylation sites (N-methyl/N-ethyl adjacent to an activating group) is 1. The van der Waals surface area contributed by atoms with E-state index in [1.807, 2.05) is 6.07 Å². The lowest BCUT2D eigenvalue weighted by Crippen LogP contribution is -2.32. The van der Waals surface area contributed by atoms with E-state index in [2.05, 4.69) is 31.0 Å². The molecule has 1 unspecified atom stereocenters. The summed E-state index contributed by atoms with van der Waals surface area (Å²) in [4.78, 5) is 2.22. The molecule has 15 heavy (non-hydrogen) atoms. The van der Waals surface area contributed by atoms with Crippen LogP contribution in [0.5, 0.6) is 0 Å². The minimum atomic E-state index is 0.468. The Morgan fingerprint density at radius 2 is 2.27 bits per heavy atom. The number of rotatable bonds is 2. The van der Waals surface area contributed by atoms with E-state index in [4.69, 9.17) is 10.5 Å². The first-order chi connectivity index (χ1) is 7.18. The second-order valence-corrected chi connectivity index (χ2v) is 4.19. The second-order valence-electron chi connectivity index (χ2n) is 4.19. The maximum Gasteiger partial charge on any atom is 0.0670 e. The summed E-state index contributed by atoms with van der Waals surface area (Å²) < 4.78 is 5.38. The summed E-state index contributed by atoms with van der Waals surface area (Å²) in [6, 6.07) is 6.66. The van der Waals surface area contributed by atoms with E-state index in [0.29, 0.717) is 6.04 Å². The minimum absolute atomic E-state index is 0.468. The standard InChI is InChI=1S/C12H18N2O/c1-9-3-4-12(11(13)7-9)14(2)10-5-6-15-8-10/h3-4,7,10H,5-6,8,13H2,1-2H3. The van der Waals surface area contributed by atoms with Gasteiger partial charge in [0.05, 0.1) is 24.0 Å². The number of aryl methyl sites for hydroxylation is 1. The fourth-order valence-corrected chi connectivity index (χ4v) is 2.02. The predicted octanol–water partition coefficient (Wildman–Crippen LogP) is 1.80. The SMILES string of the molecule is Cc1ccc(N(C)C2CCOC2)c(N)c1. The largest absolute Gasteiger partial charge is 0.397 e. The first-order valence-electron chi connectivity index (χ1n) is 5.35. The van der Waals surface area contributed by atoms with Crippen LogP contribution >= 0.6 is 0 Å². The number of hydrogen-bond donors (Lipinski definition) is 1. The normalized spacial score (nSPS) is 20.5. The Kier molecular flexibility index (Phi) is 2.82. The van der Waals surface area contributed by atoms with Crippen LogP contribution in [-0.2, 0) is 4.74 Å². The summed E-state index contributed by atoms with van der Waals surface area (Å²) in [6.07, 6.45) is 1.09. The molecule has 0 aromatic heterocycles. The van der Waals surface area contributed by atoms with E-state index >= 15 is 0 Å². The zero-order valence-electron chi connectivity index (χ0n) is 9.36. The summed E-state index contributed by atoms with van der Waals surface area (Å²) >= 11 is 0. The maximum atomic E-state index is 6.01. The van der Waals surface area contributed by atoms with Crippen LogP contribution in [0.4, 0.5) is 11.4 Å². The number of hydrogen-bond acceptors (Lipinski definition) is 3. The van der Waals surface area contributed by atoms with Crippen LogP contribution in [0.25, 0.3) is 0 Å². The molecule has 0 amide bonds. The number of ether oxygens (including phenoxy) is 1. The van der Waals surface area contributed by atoms with E-state index in [1.54, 1.807) is 0 Å². The summed E-state index contributed by atoms with van der Waals surface area (Å²) in [5.41, 5.74) is 9.17. The Labute approximate surface area is 90.8 Å². The molecule has 2 N–H and O–H groups in total. The lowest BCUT2D eigenvalue weighted by Gasteiger charge is -2.26. The number of anilines is 2. The predicted molar refractivity (Wildman–Crippen MR) is 63.2 cm³/mol. The number of nitrogens with zero attached hydrogens (tertiary/aromatic N) is 1. The van der Waals surface area contributed by atoms with Crippen molar-refractivity contribution in [3.8, 4) is 0 Å². The van der Waals surface area contributed by atoms with Crippen molar-refractivity contribution in [3.63, 3.8) is 0 Å². The van der Waals surface area contributed by atoms with Gasteiger partial charge >= 0.3 is 0 Å². The van der Waals surface area contributed by atoms with Gasteiger partial charge in [-0.05, 0) is 31.0 Å². The molecule has 1 saturated heterocycles. The highest BCUT2D eigenvalue weighted by atomic mass is 16.5. The lowest BCUT2D eigenvalue weighted by molar-refractivity contribution is 0.193. The molecule has 0 saturated carbocycles. The van der Waals surface area contributed by atoms with Gasteiger partial charge in [0.15, 0.2) is 0 Å². The van der Waals surface area contributed by atoms with Crippen LogP contribution < -0.4 is 10.6 Å². The molecule has 1 atom stereocenters. The smallest absolute Gasteiger partial charge is 0.0670 e. The minimum Gasteiger partial charge on any atom is -0.397 e. The number of nitrogen functional groups attached to an aromatic ring is 1. The molecule has 1 aliphatic rings. The Hall–Kier alpha value is -1.22. The van der Waals surface area contributed by atoms with Crippen molar-refractivity contribution >= 4 is 11.4 Å². The molecule has 0 aliphatic carbocycles. The molecular weight excluding hydrogens is 188 g/mol. The van der Waals surface area contributed by atoms with Crippen LogP contribution in [0, 0.1) is 6.92 Å². The first-order valence-corrected chi connectivity index (χ1v) is 5.35. The topological polar surface area (TPSA) is 38.5 Å². The Morgan fingerprint density at radius 1 is 1.47 bits per heavy atom. The van der Waals surface area contributed by atoms with Crippen molar-refractivity contribution in [1.29, 1.82) is 0 Å². The first kappa shape index (κ1) is 10.3. The van der Waals surface area contributed by atoms with Crippen LogP contribution in [-0.4, -0.2) is 26.3 Å². The van der Waals surface area contributed by atoms with E-state index in [1.165, 1.54) is 5.56 Å². The molecule has 1 aromatic rings. The highest BCUT2D eigenvalue weighted by Gasteiger charge is 2.21. The van der Waals surface area contributed by atoms with Crippen LogP contribution in [0.15, 0.2) is 18.2 Å². The third-order valence-corrected chi connectivity index (χ3v) is 3.02. The Morgan fingerprint density at radius 3 is 2.87 bits per heavy atom. The van der Waals surface area contributed by atoms with Crippen molar-refractivity contribution in [1.82, 2.24) is 0 Å². The highest BCUT2D eigenvalue weighted by molar-refractivity contribution is 5.68. The summed E-state index contributed by atoms with van der Waals surface area (Å²) in [5, 5.41) is 0. The van der Waals surface area contributed by atoms with Gasteiger partial charge in [0, 0.05) is 13.7 Å². The van der Waals surface area contributed by atoms with Crippen LogP contribution in [0.3, 0.4) is 0 Å². The number of benzene rings is 1. The fourth-order valence-electron chi connectivity index (χ4n) is 2.02. The molecule has 0 radical (unpaired) electrons. The highest BCUT2D eigenvalue weighted by Crippen LogP contribution is 2.26. The lowest BCUT2D eigenvalue weighted by atomic mass is 10.1. The van der Waals surface area contributed by atoms with E-state index in [-0.39, 0.29) is 0 Å². The quantitative estimate of drug-likeness (QED) is 0.750. The van der Waals surface area contributed by atoms with E-state index in [9.17, 15) is 0 Å². The zero-order valence-corrected chi connectivity index (χ0v) is 9.36. The van der Waals surface area contributed by atoms with Crippen molar-refractivity contribution in [2.24, 2.45) is 0 Å². The molecule has 0 bridgehead atoms. The molecule has 1 aromatic carbocycles. The molecule has 82 valence electrons. The van der Waals surface area contributed by atoms with Gasteiger partial charge in [0.1, 0.15) is 0 Å². The molecule has 2 rings (SSSR count). The second kappa shape index (κ2) is 4.11. The summed E-state index contributed by atoms with van der Waals surface area (Å²) in [7, 11) is 2.08. The van der Waals surface area contributed by atoms with Gasteiger partial charge in [-0.1, -0.05) is 6.07 Å². The molecule has 1 fully saturated rings. The number of nitrogens with two attached hydrogens (primary N) is 1. The van der Waals surface area contributed by atoms with Crippen molar-refractivity contribution in [2.45, 2.75) is 19.4 Å². The third-order valence-electron chi connectivity index (χ3n) is 3.02.